The second-order valence-corrected chi connectivity index (χ2v) is 7.03. The highest BCUT2D eigenvalue weighted by atomic mass is 32.1. The summed E-state index contributed by atoms with van der Waals surface area (Å²) in [6, 6.07) is 18.6. The Hall–Kier alpha value is -2.53. The first-order chi connectivity index (χ1) is 11.4. The van der Waals surface area contributed by atoms with Gasteiger partial charge in [0.2, 0.25) is 4.77 Å². The van der Waals surface area contributed by atoms with Gasteiger partial charge in [-0.25, -0.2) is 0 Å². The molecule has 0 saturated carbocycles. The maximum absolute atomic E-state index is 5.27. The van der Waals surface area contributed by atoms with Gasteiger partial charge < -0.3 is 0 Å². The topological polar surface area (TPSA) is 46.0 Å². The number of rotatable bonds is 3. The predicted octanol–water partition coefficient (Wildman–Crippen LogP) is 4.79. The fourth-order valence-electron chi connectivity index (χ4n) is 2.40. The van der Waals surface area contributed by atoms with E-state index in [0.29, 0.717) is 4.77 Å². The number of H-pyrrole nitrogens is 1. The molecule has 4 nitrogen and oxygen atoms in total. The molecule has 3 rings (SSSR count). The maximum atomic E-state index is 5.27. The minimum Gasteiger partial charge on any atom is -0.250 e. The minimum absolute atomic E-state index is 0.137. The number of hydrogen-bond donors (Lipinski definition) is 1. The Kier molecular flexibility index (Phi) is 4.44. The zero-order valence-electron chi connectivity index (χ0n) is 14.0. The van der Waals surface area contributed by atoms with Crippen molar-refractivity contribution in [3.05, 3.63) is 70.8 Å². The van der Waals surface area contributed by atoms with Gasteiger partial charge in [0.05, 0.1) is 6.21 Å². The number of nitrogens with zero attached hydrogens (tertiary/aromatic N) is 3. The Morgan fingerprint density at radius 3 is 2.25 bits per heavy atom. The summed E-state index contributed by atoms with van der Waals surface area (Å²) in [5.74, 6) is 0.810. The average Bonchev–Trinajstić information content (AvgIpc) is 2.95. The highest BCUT2D eigenvalue weighted by Crippen LogP contribution is 2.20. The molecule has 122 valence electrons. The average molecular weight is 336 g/mol. The third kappa shape index (κ3) is 3.51. The number of benzene rings is 2. The highest BCUT2D eigenvalue weighted by Gasteiger charge is 2.21. The third-order valence-electron chi connectivity index (χ3n) is 3.66. The van der Waals surface area contributed by atoms with E-state index in [1.807, 2.05) is 30.3 Å². The van der Waals surface area contributed by atoms with Crippen LogP contribution in [0.3, 0.4) is 0 Å². The zero-order chi connectivity index (χ0) is 17.2. The largest absolute Gasteiger partial charge is 0.250 e. The molecule has 0 atom stereocenters. The van der Waals surface area contributed by atoms with Crippen LogP contribution in [0.25, 0.3) is 11.1 Å². The SMILES string of the molecule is CC(C)(C)c1n[nH]c(=S)n1/N=C\c1ccc(-c2ccccc2)cc1. The van der Waals surface area contributed by atoms with Gasteiger partial charge >= 0.3 is 0 Å². The standard InChI is InChI=1S/C19H20N4S/c1-19(2,3)17-21-22-18(24)23(17)20-13-14-9-11-16(12-10-14)15-7-5-4-6-8-15/h4-13H,1-3H3,(H,22,24)/b20-13-. The molecule has 0 saturated heterocycles. The summed E-state index contributed by atoms with van der Waals surface area (Å²) in [6.07, 6.45) is 1.80. The summed E-state index contributed by atoms with van der Waals surface area (Å²) in [5.41, 5.74) is 3.26. The molecule has 0 radical (unpaired) electrons. The van der Waals surface area contributed by atoms with Crippen molar-refractivity contribution in [1.82, 2.24) is 14.9 Å². The molecule has 3 aromatic rings. The van der Waals surface area contributed by atoms with Crippen molar-refractivity contribution >= 4 is 18.4 Å². The third-order valence-corrected chi connectivity index (χ3v) is 3.93. The van der Waals surface area contributed by atoms with Crippen molar-refractivity contribution < 1.29 is 0 Å². The molecule has 1 heterocycles. The first-order valence-electron chi connectivity index (χ1n) is 7.83. The van der Waals surface area contributed by atoms with E-state index in [4.69, 9.17) is 12.2 Å². The Morgan fingerprint density at radius 2 is 1.62 bits per heavy atom. The highest BCUT2D eigenvalue weighted by molar-refractivity contribution is 7.71. The fraction of sp³-hybridized carbons (Fsp3) is 0.211. The van der Waals surface area contributed by atoms with Crippen molar-refractivity contribution in [2.24, 2.45) is 5.10 Å². The predicted molar refractivity (Wildman–Crippen MR) is 101 cm³/mol. The van der Waals surface area contributed by atoms with Crippen molar-refractivity contribution in [2.45, 2.75) is 26.2 Å². The van der Waals surface area contributed by atoms with Gasteiger partial charge in [-0.3, -0.25) is 5.10 Å². The second kappa shape index (κ2) is 6.53. The normalized spacial score (nSPS) is 12.0. The molecule has 1 N–H and O–H groups in total. The molecule has 0 spiro atoms. The molecule has 1 aromatic heterocycles. The van der Waals surface area contributed by atoms with E-state index in [9.17, 15) is 0 Å². The molecule has 0 fully saturated rings. The summed E-state index contributed by atoms with van der Waals surface area (Å²) in [7, 11) is 0. The van der Waals surface area contributed by atoms with Crippen LogP contribution < -0.4 is 0 Å². The summed E-state index contributed by atoms with van der Waals surface area (Å²) in [4.78, 5) is 0. The first kappa shape index (κ1) is 16.3. The fourth-order valence-corrected chi connectivity index (χ4v) is 2.58. The molecule has 24 heavy (non-hydrogen) atoms. The van der Waals surface area contributed by atoms with E-state index < -0.39 is 0 Å². The van der Waals surface area contributed by atoms with E-state index in [0.717, 1.165) is 11.4 Å². The number of nitrogens with one attached hydrogen (secondary N) is 1. The summed E-state index contributed by atoms with van der Waals surface area (Å²) in [5, 5.41) is 11.6. The van der Waals surface area contributed by atoms with Gasteiger partial charge in [0.1, 0.15) is 0 Å². The monoisotopic (exact) mass is 336 g/mol. The summed E-state index contributed by atoms with van der Waals surface area (Å²) < 4.78 is 2.18. The molecule has 5 heteroatoms. The lowest BCUT2D eigenvalue weighted by molar-refractivity contribution is 0.516. The van der Waals surface area contributed by atoms with Gasteiger partial charge in [-0.05, 0) is 28.9 Å². The smallest absolute Gasteiger partial charge is 0.216 e. The molecule has 0 bridgehead atoms. The molecule has 0 aliphatic heterocycles. The first-order valence-corrected chi connectivity index (χ1v) is 8.24. The van der Waals surface area contributed by atoms with Crippen LogP contribution in [0.5, 0.6) is 0 Å². The van der Waals surface area contributed by atoms with Gasteiger partial charge in [0.25, 0.3) is 0 Å². The van der Waals surface area contributed by atoms with Crippen molar-refractivity contribution in [2.75, 3.05) is 0 Å². The van der Waals surface area contributed by atoms with Crippen LogP contribution in [-0.4, -0.2) is 21.1 Å². The Labute approximate surface area is 146 Å². The van der Waals surface area contributed by atoms with Gasteiger partial charge in [-0.2, -0.15) is 14.9 Å². The Morgan fingerprint density at radius 1 is 1.00 bits per heavy atom. The molecule has 0 aliphatic carbocycles. The van der Waals surface area contributed by atoms with Crippen LogP contribution in [0.15, 0.2) is 59.7 Å². The van der Waals surface area contributed by atoms with E-state index in [-0.39, 0.29) is 5.41 Å². The van der Waals surface area contributed by atoms with Crippen LogP contribution in [0.4, 0.5) is 0 Å². The van der Waals surface area contributed by atoms with Crippen molar-refractivity contribution in [3.63, 3.8) is 0 Å². The lowest BCUT2D eigenvalue weighted by atomic mass is 9.96. The molecule has 0 aliphatic rings. The van der Waals surface area contributed by atoms with Crippen molar-refractivity contribution in [3.8, 4) is 11.1 Å². The van der Waals surface area contributed by atoms with E-state index in [2.05, 4.69) is 60.3 Å². The zero-order valence-corrected chi connectivity index (χ0v) is 14.8. The Balaban J connectivity index is 1.86. The van der Waals surface area contributed by atoms with Crippen LogP contribution in [0, 0.1) is 4.77 Å². The van der Waals surface area contributed by atoms with Gasteiger partial charge in [-0.15, -0.1) is 0 Å². The quantitative estimate of drug-likeness (QED) is 0.552. The van der Waals surface area contributed by atoms with E-state index in [1.54, 1.807) is 10.9 Å². The Bertz CT molecular complexity index is 897. The number of hydrogen-bond acceptors (Lipinski definition) is 3. The molecule has 0 amide bonds. The van der Waals surface area contributed by atoms with E-state index >= 15 is 0 Å². The molecule has 0 unspecified atom stereocenters. The number of aromatic nitrogens is 3. The maximum Gasteiger partial charge on any atom is 0.216 e. The lowest BCUT2D eigenvalue weighted by Crippen LogP contribution is -2.17. The number of aromatic amines is 1. The van der Waals surface area contributed by atoms with Gasteiger partial charge in [-0.1, -0.05) is 75.4 Å². The van der Waals surface area contributed by atoms with Crippen LogP contribution in [0.2, 0.25) is 0 Å². The van der Waals surface area contributed by atoms with E-state index in [1.165, 1.54) is 11.1 Å². The molecule has 2 aromatic carbocycles. The summed E-state index contributed by atoms with van der Waals surface area (Å²) in [6.45, 7) is 6.25. The molecular weight excluding hydrogens is 316 g/mol. The minimum atomic E-state index is -0.137. The molecular formula is C19H20N4S. The van der Waals surface area contributed by atoms with Gasteiger partial charge in [0.15, 0.2) is 5.82 Å². The van der Waals surface area contributed by atoms with Crippen LogP contribution >= 0.6 is 12.2 Å². The van der Waals surface area contributed by atoms with Crippen LogP contribution in [0.1, 0.15) is 32.2 Å². The van der Waals surface area contributed by atoms with Gasteiger partial charge in [0, 0.05) is 5.41 Å². The lowest BCUT2D eigenvalue weighted by Gasteiger charge is -2.15. The second-order valence-electron chi connectivity index (χ2n) is 6.65. The van der Waals surface area contributed by atoms with Crippen LogP contribution in [-0.2, 0) is 5.41 Å². The summed E-state index contributed by atoms with van der Waals surface area (Å²) >= 11 is 5.27. The van der Waals surface area contributed by atoms with Crippen molar-refractivity contribution in [1.29, 1.82) is 0 Å².